The van der Waals surface area contributed by atoms with E-state index in [4.69, 9.17) is 4.42 Å². The number of aryl methyl sites for hydroxylation is 3. The van der Waals surface area contributed by atoms with E-state index in [9.17, 15) is 9.59 Å². The summed E-state index contributed by atoms with van der Waals surface area (Å²) in [7, 11) is 0. The molecular weight excluding hydrogens is 412 g/mol. The van der Waals surface area contributed by atoms with Gasteiger partial charge in [-0.3, -0.25) is 20.4 Å². The summed E-state index contributed by atoms with van der Waals surface area (Å²) >= 11 is 3.50. The number of hydrogen-bond donors (Lipinski definition) is 2. The third-order valence-electron chi connectivity index (χ3n) is 4.15. The van der Waals surface area contributed by atoms with Crippen molar-refractivity contribution >= 4 is 27.7 Å². The van der Waals surface area contributed by atoms with Crippen LogP contribution in [0.2, 0.25) is 0 Å². The minimum absolute atomic E-state index is 0.387. The van der Waals surface area contributed by atoms with Gasteiger partial charge in [-0.2, -0.15) is 5.10 Å². The Balaban J connectivity index is 1.68. The Morgan fingerprint density at radius 3 is 2.19 bits per heavy atom. The number of nitrogens with zero attached hydrogens (tertiary/aromatic N) is 2. The van der Waals surface area contributed by atoms with Gasteiger partial charge in [0.25, 0.3) is 11.8 Å². The maximum absolute atomic E-state index is 12.3. The van der Waals surface area contributed by atoms with E-state index < -0.39 is 11.8 Å². The standard InChI is InChI=1S/C19H19BrN4O3/c1-10-9-16(13(4)27-10)19(26)22-21-18(25)14-5-7-15(8-6-14)24-12(3)17(20)11(2)23-24/h5-9H,1-4H3,(H,21,25)(H,22,26). The molecule has 0 aliphatic carbocycles. The highest BCUT2D eigenvalue weighted by Crippen LogP contribution is 2.23. The molecule has 1 aromatic carbocycles. The van der Waals surface area contributed by atoms with Crippen LogP contribution in [0.25, 0.3) is 5.69 Å². The Labute approximate surface area is 164 Å². The van der Waals surface area contributed by atoms with E-state index in [1.807, 2.05) is 13.8 Å². The SMILES string of the molecule is Cc1cc(C(=O)NNC(=O)c2ccc(-n3nc(C)c(Br)c3C)cc2)c(C)o1. The maximum Gasteiger partial charge on any atom is 0.273 e. The first-order valence-corrected chi connectivity index (χ1v) is 9.07. The van der Waals surface area contributed by atoms with Gasteiger partial charge in [0, 0.05) is 5.56 Å². The van der Waals surface area contributed by atoms with Crippen LogP contribution in [0.15, 0.2) is 39.2 Å². The highest BCUT2D eigenvalue weighted by atomic mass is 79.9. The number of nitrogens with one attached hydrogen (secondary N) is 2. The molecule has 0 spiro atoms. The fourth-order valence-electron chi connectivity index (χ4n) is 2.74. The van der Waals surface area contributed by atoms with E-state index in [-0.39, 0.29) is 0 Å². The van der Waals surface area contributed by atoms with Crippen molar-refractivity contribution in [1.82, 2.24) is 20.6 Å². The molecule has 0 saturated heterocycles. The highest BCUT2D eigenvalue weighted by molar-refractivity contribution is 9.10. The van der Waals surface area contributed by atoms with Crippen LogP contribution in [-0.4, -0.2) is 21.6 Å². The van der Waals surface area contributed by atoms with Crippen molar-refractivity contribution in [2.45, 2.75) is 27.7 Å². The lowest BCUT2D eigenvalue weighted by molar-refractivity contribution is 0.0845. The summed E-state index contributed by atoms with van der Waals surface area (Å²) in [5.41, 5.74) is 8.31. The Kier molecular flexibility index (Phi) is 5.18. The maximum atomic E-state index is 12.3. The zero-order valence-corrected chi connectivity index (χ0v) is 17.0. The lowest BCUT2D eigenvalue weighted by Gasteiger charge is -2.08. The summed E-state index contributed by atoms with van der Waals surface area (Å²) in [5, 5.41) is 4.46. The average Bonchev–Trinajstić information content (AvgIpc) is 3.12. The number of hydrazine groups is 1. The number of halogens is 1. The van der Waals surface area contributed by atoms with E-state index in [0.29, 0.717) is 22.6 Å². The number of carbonyl (C=O) groups excluding carboxylic acids is 2. The van der Waals surface area contributed by atoms with Gasteiger partial charge in [0.05, 0.1) is 27.1 Å². The van der Waals surface area contributed by atoms with Crippen molar-refractivity contribution in [2.24, 2.45) is 0 Å². The van der Waals surface area contributed by atoms with Crippen LogP contribution in [0.4, 0.5) is 0 Å². The Morgan fingerprint density at radius 2 is 1.67 bits per heavy atom. The summed E-state index contributed by atoms with van der Waals surface area (Å²) in [6.45, 7) is 7.33. The first-order valence-electron chi connectivity index (χ1n) is 8.28. The molecule has 8 heteroatoms. The Hall–Kier alpha value is -2.87. The number of hydrogen-bond acceptors (Lipinski definition) is 4. The predicted octanol–water partition coefficient (Wildman–Crippen LogP) is 3.54. The number of benzene rings is 1. The molecule has 2 heterocycles. The van der Waals surface area contributed by atoms with Gasteiger partial charge in [-0.1, -0.05) is 0 Å². The Morgan fingerprint density at radius 1 is 1.04 bits per heavy atom. The molecule has 0 unspecified atom stereocenters. The molecule has 2 N–H and O–H groups in total. The topological polar surface area (TPSA) is 89.2 Å². The molecule has 2 aromatic heterocycles. The van der Waals surface area contributed by atoms with Crippen molar-refractivity contribution in [3.05, 3.63) is 68.8 Å². The molecule has 140 valence electrons. The zero-order valence-electron chi connectivity index (χ0n) is 15.4. The molecule has 3 rings (SSSR count). The average molecular weight is 431 g/mol. The number of amides is 2. The summed E-state index contributed by atoms with van der Waals surface area (Å²) in [6.07, 6.45) is 0. The second-order valence-corrected chi connectivity index (χ2v) is 6.97. The number of furan rings is 1. The van der Waals surface area contributed by atoms with Crippen LogP contribution in [-0.2, 0) is 0 Å². The minimum Gasteiger partial charge on any atom is -0.466 e. The van der Waals surface area contributed by atoms with Gasteiger partial charge in [0.2, 0.25) is 0 Å². The van der Waals surface area contributed by atoms with Crippen molar-refractivity contribution in [3.8, 4) is 5.69 Å². The molecular formula is C19H19BrN4O3. The lowest BCUT2D eigenvalue weighted by Crippen LogP contribution is -2.41. The summed E-state index contributed by atoms with van der Waals surface area (Å²) in [6, 6.07) is 8.57. The van der Waals surface area contributed by atoms with E-state index in [1.165, 1.54) is 0 Å². The quantitative estimate of drug-likeness (QED) is 0.621. The molecule has 0 bridgehead atoms. The predicted molar refractivity (Wildman–Crippen MR) is 104 cm³/mol. The largest absolute Gasteiger partial charge is 0.466 e. The third kappa shape index (κ3) is 3.80. The van der Waals surface area contributed by atoms with Crippen molar-refractivity contribution in [1.29, 1.82) is 0 Å². The molecule has 7 nitrogen and oxygen atoms in total. The van der Waals surface area contributed by atoms with Crippen LogP contribution in [0, 0.1) is 27.7 Å². The second-order valence-electron chi connectivity index (χ2n) is 6.18. The van der Waals surface area contributed by atoms with Crippen molar-refractivity contribution < 1.29 is 14.0 Å². The zero-order chi connectivity index (χ0) is 19.7. The monoisotopic (exact) mass is 430 g/mol. The van der Waals surface area contributed by atoms with Gasteiger partial charge >= 0.3 is 0 Å². The third-order valence-corrected chi connectivity index (χ3v) is 5.30. The first-order chi connectivity index (χ1) is 12.8. The molecule has 0 aliphatic rings. The molecule has 0 atom stereocenters. The lowest BCUT2D eigenvalue weighted by atomic mass is 10.2. The van der Waals surface area contributed by atoms with Gasteiger partial charge in [-0.05, 0) is 74.0 Å². The van der Waals surface area contributed by atoms with Gasteiger partial charge < -0.3 is 4.42 Å². The molecule has 0 fully saturated rings. The van der Waals surface area contributed by atoms with E-state index in [0.717, 1.165) is 21.5 Å². The second kappa shape index (κ2) is 7.40. The summed E-state index contributed by atoms with van der Waals surface area (Å²) < 4.78 is 8.07. The van der Waals surface area contributed by atoms with Crippen molar-refractivity contribution in [2.75, 3.05) is 0 Å². The molecule has 3 aromatic rings. The van der Waals surface area contributed by atoms with Crippen LogP contribution in [0.5, 0.6) is 0 Å². The van der Waals surface area contributed by atoms with E-state index >= 15 is 0 Å². The number of aromatic nitrogens is 2. The van der Waals surface area contributed by atoms with Gasteiger partial charge in [-0.25, -0.2) is 4.68 Å². The number of rotatable bonds is 3. The van der Waals surface area contributed by atoms with Crippen LogP contribution in [0.3, 0.4) is 0 Å². The van der Waals surface area contributed by atoms with Crippen molar-refractivity contribution in [3.63, 3.8) is 0 Å². The van der Waals surface area contributed by atoms with Crippen LogP contribution >= 0.6 is 15.9 Å². The molecule has 27 heavy (non-hydrogen) atoms. The first kappa shape index (κ1) is 18.9. The van der Waals surface area contributed by atoms with E-state index in [2.05, 4.69) is 31.9 Å². The minimum atomic E-state index is -0.429. The molecule has 0 saturated carbocycles. The molecule has 0 aliphatic heterocycles. The van der Waals surface area contributed by atoms with E-state index in [1.54, 1.807) is 48.9 Å². The van der Waals surface area contributed by atoms with Gasteiger partial charge in [0.1, 0.15) is 11.5 Å². The molecule has 0 radical (unpaired) electrons. The van der Waals surface area contributed by atoms with Crippen LogP contribution < -0.4 is 10.9 Å². The highest BCUT2D eigenvalue weighted by Gasteiger charge is 2.15. The van der Waals surface area contributed by atoms with Crippen LogP contribution in [0.1, 0.15) is 43.6 Å². The fraction of sp³-hybridized carbons (Fsp3) is 0.211. The summed E-state index contributed by atoms with van der Waals surface area (Å²) in [5.74, 6) is 0.291. The normalized spacial score (nSPS) is 10.7. The van der Waals surface area contributed by atoms with Gasteiger partial charge in [-0.15, -0.1) is 0 Å². The number of carbonyl (C=O) groups is 2. The molecule has 2 amide bonds. The van der Waals surface area contributed by atoms with Gasteiger partial charge in [0.15, 0.2) is 0 Å². The fourth-order valence-corrected chi connectivity index (χ4v) is 2.99. The Bertz CT molecular complexity index is 1020. The summed E-state index contributed by atoms with van der Waals surface area (Å²) in [4.78, 5) is 24.4. The smallest absolute Gasteiger partial charge is 0.273 e.